The summed E-state index contributed by atoms with van der Waals surface area (Å²) in [5, 5.41) is 7.87. The van der Waals surface area contributed by atoms with Gasteiger partial charge < -0.3 is 15.4 Å². The third-order valence-corrected chi connectivity index (χ3v) is 2.47. The molecule has 0 atom stereocenters. The number of anilines is 1. The first-order valence-electron chi connectivity index (χ1n) is 4.65. The van der Waals surface area contributed by atoms with Gasteiger partial charge in [0.15, 0.2) is 10.8 Å². The molecule has 0 aliphatic rings. The van der Waals surface area contributed by atoms with Gasteiger partial charge in [0.05, 0.1) is 7.11 Å². The fourth-order valence-electron chi connectivity index (χ4n) is 0.961. The van der Waals surface area contributed by atoms with Gasteiger partial charge in [0, 0.05) is 25.4 Å². The van der Waals surface area contributed by atoms with E-state index in [1.165, 1.54) is 25.4 Å². The van der Waals surface area contributed by atoms with Gasteiger partial charge in [0.25, 0.3) is 0 Å². The number of carbonyl (C=O) groups is 2. The standard InChI is InChI=1S/C9H13N3O3S/c1-6(13)10-3-4-11-9-12-7(5-16-9)8(14)15-2/h5H,3-4H2,1-2H3,(H,10,13)(H,11,12). The maximum atomic E-state index is 11.1. The molecule has 0 aromatic carbocycles. The van der Waals surface area contributed by atoms with Gasteiger partial charge in [0.2, 0.25) is 5.91 Å². The zero-order valence-electron chi connectivity index (χ0n) is 9.07. The summed E-state index contributed by atoms with van der Waals surface area (Å²) >= 11 is 1.32. The normalized spacial score (nSPS) is 9.62. The minimum atomic E-state index is -0.453. The highest BCUT2D eigenvalue weighted by Crippen LogP contribution is 2.15. The molecule has 6 nitrogen and oxygen atoms in total. The van der Waals surface area contributed by atoms with Crippen molar-refractivity contribution in [2.75, 3.05) is 25.5 Å². The molecule has 1 aromatic rings. The molecule has 1 aromatic heterocycles. The van der Waals surface area contributed by atoms with Crippen LogP contribution in [0.15, 0.2) is 5.38 Å². The Labute approximate surface area is 97.0 Å². The number of rotatable bonds is 5. The molecule has 1 rings (SSSR count). The van der Waals surface area contributed by atoms with Crippen LogP contribution >= 0.6 is 11.3 Å². The van der Waals surface area contributed by atoms with Crippen molar-refractivity contribution in [3.8, 4) is 0 Å². The second-order valence-electron chi connectivity index (χ2n) is 2.94. The number of aromatic nitrogens is 1. The van der Waals surface area contributed by atoms with Crippen LogP contribution < -0.4 is 10.6 Å². The SMILES string of the molecule is COC(=O)c1csc(NCCNC(C)=O)n1. The van der Waals surface area contributed by atoms with Gasteiger partial charge in [-0.1, -0.05) is 0 Å². The summed E-state index contributed by atoms with van der Waals surface area (Å²) in [7, 11) is 1.31. The molecule has 2 N–H and O–H groups in total. The molecule has 1 heterocycles. The molecule has 0 bridgehead atoms. The number of carbonyl (C=O) groups excluding carboxylic acids is 2. The van der Waals surface area contributed by atoms with E-state index in [4.69, 9.17) is 0 Å². The average Bonchev–Trinajstić information content (AvgIpc) is 2.71. The summed E-state index contributed by atoms with van der Waals surface area (Å²) in [5.74, 6) is -0.526. The van der Waals surface area contributed by atoms with E-state index in [1.54, 1.807) is 5.38 Å². The topological polar surface area (TPSA) is 80.3 Å². The summed E-state index contributed by atoms with van der Waals surface area (Å²) in [4.78, 5) is 25.7. The van der Waals surface area contributed by atoms with E-state index in [1.807, 2.05) is 0 Å². The average molecular weight is 243 g/mol. The molecule has 0 radical (unpaired) electrons. The number of amides is 1. The van der Waals surface area contributed by atoms with Crippen LogP contribution in [0.5, 0.6) is 0 Å². The first-order chi connectivity index (χ1) is 7.63. The first-order valence-corrected chi connectivity index (χ1v) is 5.53. The maximum Gasteiger partial charge on any atom is 0.357 e. The van der Waals surface area contributed by atoms with Crippen molar-refractivity contribution < 1.29 is 14.3 Å². The van der Waals surface area contributed by atoms with Crippen LogP contribution in [0.3, 0.4) is 0 Å². The highest BCUT2D eigenvalue weighted by atomic mass is 32.1. The molecule has 7 heteroatoms. The Bertz CT molecular complexity index is 378. The minimum Gasteiger partial charge on any atom is -0.464 e. The van der Waals surface area contributed by atoms with Gasteiger partial charge in [-0.3, -0.25) is 4.79 Å². The molecule has 0 aliphatic heterocycles. The minimum absolute atomic E-state index is 0.0730. The number of hydrogen-bond acceptors (Lipinski definition) is 6. The lowest BCUT2D eigenvalue weighted by Crippen LogP contribution is -2.26. The van der Waals surface area contributed by atoms with Crippen molar-refractivity contribution in [3.05, 3.63) is 11.1 Å². The third kappa shape index (κ3) is 3.85. The first kappa shape index (κ1) is 12.4. The van der Waals surface area contributed by atoms with Crippen molar-refractivity contribution in [1.82, 2.24) is 10.3 Å². The van der Waals surface area contributed by atoms with E-state index < -0.39 is 5.97 Å². The van der Waals surface area contributed by atoms with Gasteiger partial charge in [-0.2, -0.15) is 0 Å². The molecule has 1 amide bonds. The van der Waals surface area contributed by atoms with Crippen LogP contribution in [0.4, 0.5) is 5.13 Å². The molecule has 16 heavy (non-hydrogen) atoms. The molecule has 0 unspecified atom stereocenters. The van der Waals surface area contributed by atoms with Gasteiger partial charge in [-0.05, 0) is 0 Å². The quantitative estimate of drug-likeness (QED) is 0.580. The maximum absolute atomic E-state index is 11.1. The summed E-state index contributed by atoms with van der Waals surface area (Å²) in [6, 6.07) is 0. The predicted molar refractivity (Wildman–Crippen MR) is 60.6 cm³/mol. The Hall–Kier alpha value is -1.63. The molecular formula is C9H13N3O3S. The molecule has 0 fully saturated rings. The molecule has 0 aliphatic carbocycles. The van der Waals surface area contributed by atoms with Crippen LogP contribution in [0.1, 0.15) is 17.4 Å². The molecule has 0 saturated carbocycles. The smallest absolute Gasteiger partial charge is 0.357 e. The second kappa shape index (κ2) is 6.06. The summed E-state index contributed by atoms with van der Waals surface area (Å²) in [5.41, 5.74) is 0.287. The number of methoxy groups -OCH3 is 1. The van der Waals surface area contributed by atoms with Crippen LogP contribution in [-0.4, -0.2) is 37.1 Å². The van der Waals surface area contributed by atoms with E-state index in [-0.39, 0.29) is 11.6 Å². The number of nitrogens with one attached hydrogen (secondary N) is 2. The number of nitrogens with zero attached hydrogens (tertiary/aromatic N) is 1. The van der Waals surface area contributed by atoms with E-state index >= 15 is 0 Å². The van der Waals surface area contributed by atoms with E-state index in [0.29, 0.717) is 18.2 Å². The van der Waals surface area contributed by atoms with Gasteiger partial charge in [-0.15, -0.1) is 11.3 Å². The van der Waals surface area contributed by atoms with E-state index in [0.717, 1.165) is 0 Å². The van der Waals surface area contributed by atoms with Crippen LogP contribution in [-0.2, 0) is 9.53 Å². The summed E-state index contributed by atoms with van der Waals surface area (Å²) < 4.78 is 4.53. The third-order valence-electron chi connectivity index (χ3n) is 1.67. The van der Waals surface area contributed by atoms with Crippen molar-refractivity contribution >= 4 is 28.3 Å². The number of esters is 1. The lowest BCUT2D eigenvalue weighted by molar-refractivity contribution is -0.118. The number of thiazole rings is 1. The Kier molecular flexibility index (Phi) is 4.71. The molecule has 88 valence electrons. The largest absolute Gasteiger partial charge is 0.464 e. The summed E-state index contributed by atoms with van der Waals surface area (Å²) in [6.45, 7) is 2.54. The zero-order chi connectivity index (χ0) is 12.0. The highest BCUT2D eigenvalue weighted by molar-refractivity contribution is 7.13. The van der Waals surface area contributed by atoms with Gasteiger partial charge in [-0.25, -0.2) is 9.78 Å². The molecule has 0 spiro atoms. The van der Waals surface area contributed by atoms with Crippen molar-refractivity contribution in [2.45, 2.75) is 6.92 Å². The van der Waals surface area contributed by atoms with Gasteiger partial charge >= 0.3 is 5.97 Å². The second-order valence-corrected chi connectivity index (χ2v) is 3.80. The number of hydrogen-bond donors (Lipinski definition) is 2. The predicted octanol–water partition coefficient (Wildman–Crippen LogP) is 0.478. The van der Waals surface area contributed by atoms with Crippen molar-refractivity contribution in [3.63, 3.8) is 0 Å². The van der Waals surface area contributed by atoms with Crippen molar-refractivity contribution in [2.24, 2.45) is 0 Å². The zero-order valence-corrected chi connectivity index (χ0v) is 9.89. The lowest BCUT2D eigenvalue weighted by Gasteiger charge is -2.02. The Balaban J connectivity index is 2.35. The number of ether oxygens (including phenoxy) is 1. The molecule has 0 saturated heterocycles. The fourth-order valence-corrected chi connectivity index (χ4v) is 1.67. The van der Waals surface area contributed by atoms with E-state index in [2.05, 4.69) is 20.4 Å². The van der Waals surface area contributed by atoms with Gasteiger partial charge in [0.1, 0.15) is 0 Å². The van der Waals surface area contributed by atoms with Crippen molar-refractivity contribution in [1.29, 1.82) is 0 Å². The fraction of sp³-hybridized carbons (Fsp3) is 0.444. The van der Waals surface area contributed by atoms with E-state index in [9.17, 15) is 9.59 Å². The lowest BCUT2D eigenvalue weighted by atomic mass is 10.5. The monoisotopic (exact) mass is 243 g/mol. The Morgan fingerprint density at radius 3 is 2.88 bits per heavy atom. The highest BCUT2D eigenvalue weighted by Gasteiger charge is 2.09. The van der Waals surface area contributed by atoms with Crippen LogP contribution in [0.25, 0.3) is 0 Å². The molecular weight excluding hydrogens is 230 g/mol. The van der Waals surface area contributed by atoms with Crippen LogP contribution in [0, 0.1) is 0 Å². The van der Waals surface area contributed by atoms with Crippen LogP contribution in [0.2, 0.25) is 0 Å². The Morgan fingerprint density at radius 2 is 2.25 bits per heavy atom. The Morgan fingerprint density at radius 1 is 1.50 bits per heavy atom. The summed E-state index contributed by atoms with van der Waals surface area (Å²) in [6.07, 6.45) is 0.